The molecule has 11 rings (SSSR count). The van der Waals surface area contributed by atoms with Crippen molar-refractivity contribution in [1.82, 2.24) is 0 Å². The minimum atomic E-state index is -0.0951. The van der Waals surface area contributed by atoms with E-state index in [1.54, 1.807) is 0 Å². The van der Waals surface area contributed by atoms with Gasteiger partial charge in [0.05, 0.1) is 11.6 Å². The van der Waals surface area contributed by atoms with Crippen LogP contribution in [0, 0.1) is 5.41 Å². The number of fused-ring (bicyclic) bond motifs is 10. The number of hydrogen-bond donors (Lipinski definition) is 0. The number of furan rings is 1. The van der Waals surface area contributed by atoms with Crippen molar-refractivity contribution in [2.75, 3.05) is 9.80 Å². The van der Waals surface area contributed by atoms with E-state index < -0.39 is 0 Å². The van der Waals surface area contributed by atoms with Crippen molar-refractivity contribution in [2.24, 2.45) is 5.41 Å². The highest BCUT2D eigenvalue weighted by Gasteiger charge is 2.62. The summed E-state index contributed by atoms with van der Waals surface area (Å²) in [5, 5.41) is 2.04. The molecule has 314 valence electrons. The van der Waals surface area contributed by atoms with Crippen molar-refractivity contribution in [2.45, 2.75) is 161 Å². The highest BCUT2D eigenvalue weighted by atomic mass is 35.5. The molecule has 0 bridgehead atoms. The number of benzene rings is 4. The van der Waals surface area contributed by atoms with Crippen LogP contribution in [-0.2, 0) is 21.7 Å². The molecule has 1 saturated carbocycles. The quantitative estimate of drug-likeness (QED) is 0.165. The molecule has 5 aromatic rings. The summed E-state index contributed by atoms with van der Waals surface area (Å²) in [5.41, 5.74) is 17.5. The van der Waals surface area contributed by atoms with E-state index >= 15 is 0 Å². The number of anilines is 4. The Hall–Kier alpha value is -4.15. The van der Waals surface area contributed by atoms with E-state index in [0.29, 0.717) is 0 Å². The second kappa shape index (κ2) is 12.5. The van der Waals surface area contributed by atoms with Crippen molar-refractivity contribution in [3.63, 3.8) is 0 Å². The molecular weight excluding hydrogens is 763 g/mol. The molecule has 0 radical (unpaired) electrons. The molecule has 0 saturated heterocycles. The lowest BCUT2D eigenvalue weighted by Gasteiger charge is -2.53. The van der Waals surface area contributed by atoms with E-state index in [4.69, 9.17) is 16.0 Å². The first-order valence-corrected chi connectivity index (χ1v) is 23.7. The third-order valence-corrected chi connectivity index (χ3v) is 17.3. The molecule has 3 nitrogen and oxygen atoms in total. The maximum Gasteiger partial charge on any atom is 0.257 e. The summed E-state index contributed by atoms with van der Waals surface area (Å²) in [6, 6.07) is 26.0. The first-order valence-electron chi connectivity index (χ1n) is 23.3. The van der Waals surface area contributed by atoms with Gasteiger partial charge in [0.15, 0.2) is 5.88 Å². The van der Waals surface area contributed by atoms with Crippen LogP contribution >= 0.6 is 11.6 Å². The highest BCUT2D eigenvalue weighted by Crippen LogP contribution is 2.63. The normalized spacial score (nSPS) is 26.7. The molecule has 5 heteroatoms. The van der Waals surface area contributed by atoms with Gasteiger partial charge < -0.3 is 14.2 Å². The Morgan fingerprint density at radius 3 is 2.08 bits per heavy atom. The van der Waals surface area contributed by atoms with Gasteiger partial charge in [-0.25, -0.2) is 0 Å². The third-order valence-electron chi connectivity index (χ3n) is 17.0. The SMILES string of the molecule is CC(C)(C)C1=CC(c2ccccc2)C(N2c3cc(Cl)cc4c3B(c3cc(C(C)(C)C)cc5c3N4C3(C)CCCCC53C)c3c2oc2cc4c(cc32)C(C)(C)CCC4(C)C)C=C1. The Morgan fingerprint density at radius 1 is 0.721 bits per heavy atom. The summed E-state index contributed by atoms with van der Waals surface area (Å²) >= 11 is 7.52. The number of allylic oxidation sites excluding steroid dienone is 2. The summed E-state index contributed by atoms with van der Waals surface area (Å²) in [6.45, 7) is 29.1. The van der Waals surface area contributed by atoms with Gasteiger partial charge in [-0.15, -0.1) is 0 Å². The standard InChI is InChI=1S/C56H64BClN2O/c1-51(2,3)34-20-21-43(37(26-34)33-18-14-13-15-19-33)59-44-29-36(58)30-45-48(44)57(47-38-31-39-40(32-46(38)61-50(47)59)54(9,10)25-24-53(39,7)8)42-28-35(52(4,5)6)27-41-49(42)60(45)56(12)23-17-16-22-55(41,56)11/h13-15,18-21,26-32,37,43H,16-17,22-25H2,1-12H3. The molecule has 1 fully saturated rings. The van der Waals surface area contributed by atoms with Crippen molar-refractivity contribution in [3.8, 4) is 0 Å². The maximum absolute atomic E-state index is 7.59. The van der Waals surface area contributed by atoms with Crippen LogP contribution in [0.15, 0.2) is 94.9 Å². The third kappa shape index (κ3) is 5.36. The van der Waals surface area contributed by atoms with Gasteiger partial charge in [-0.1, -0.05) is 161 Å². The second-order valence-corrected chi connectivity index (χ2v) is 24.1. The van der Waals surface area contributed by atoms with Gasteiger partial charge in [0.25, 0.3) is 6.71 Å². The van der Waals surface area contributed by atoms with Crippen molar-refractivity contribution in [3.05, 3.63) is 123 Å². The first kappa shape index (κ1) is 39.7. The Morgan fingerprint density at radius 2 is 1.39 bits per heavy atom. The van der Waals surface area contributed by atoms with Gasteiger partial charge in [-0.2, -0.15) is 0 Å². The lowest BCUT2D eigenvalue weighted by atomic mass is 9.33. The monoisotopic (exact) mass is 826 g/mol. The van der Waals surface area contributed by atoms with Gasteiger partial charge in [0, 0.05) is 44.3 Å². The fourth-order valence-electron chi connectivity index (χ4n) is 13.0. The zero-order valence-corrected chi connectivity index (χ0v) is 39.5. The molecule has 4 atom stereocenters. The summed E-state index contributed by atoms with van der Waals surface area (Å²) < 4.78 is 7.59. The minimum Gasteiger partial charge on any atom is -0.441 e. The summed E-state index contributed by atoms with van der Waals surface area (Å²) in [4.78, 5) is 5.40. The fraction of sp³-hybridized carbons (Fsp3) is 0.464. The van der Waals surface area contributed by atoms with Crippen LogP contribution in [0.5, 0.6) is 0 Å². The average molecular weight is 827 g/mol. The molecule has 4 unspecified atom stereocenters. The summed E-state index contributed by atoms with van der Waals surface area (Å²) in [7, 11) is 0. The Labute approximate surface area is 370 Å². The molecule has 4 aromatic carbocycles. The zero-order valence-electron chi connectivity index (χ0n) is 38.7. The zero-order chi connectivity index (χ0) is 43.0. The van der Waals surface area contributed by atoms with Crippen LogP contribution in [-0.4, -0.2) is 18.3 Å². The Kier molecular flexibility index (Phi) is 8.15. The lowest BCUT2D eigenvalue weighted by molar-refractivity contribution is 0.195. The molecule has 0 N–H and O–H groups in total. The number of halogens is 1. The van der Waals surface area contributed by atoms with Crippen LogP contribution in [0.4, 0.5) is 22.9 Å². The average Bonchev–Trinajstić information content (AvgIpc) is 3.67. The van der Waals surface area contributed by atoms with Crippen molar-refractivity contribution < 1.29 is 4.42 Å². The maximum atomic E-state index is 7.59. The number of rotatable bonds is 2. The van der Waals surface area contributed by atoms with Gasteiger partial charge in [-0.05, 0) is 123 Å². The van der Waals surface area contributed by atoms with E-state index in [-0.39, 0.29) is 51.3 Å². The number of nitrogens with zero attached hydrogens (tertiary/aromatic N) is 2. The van der Waals surface area contributed by atoms with Gasteiger partial charge >= 0.3 is 0 Å². The van der Waals surface area contributed by atoms with Crippen LogP contribution < -0.4 is 26.2 Å². The number of hydrogen-bond acceptors (Lipinski definition) is 3. The predicted molar refractivity (Wildman–Crippen MR) is 261 cm³/mol. The second-order valence-electron chi connectivity index (χ2n) is 23.7. The summed E-state index contributed by atoms with van der Waals surface area (Å²) in [6.07, 6.45) is 14.6. The van der Waals surface area contributed by atoms with Gasteiger partial charge in [0.2, 0.25) is 0 Å². The van der Waals surface area contributed by atoms with Gasteiger partial charge in [0.1, 0.15) is 5.58 Å². The molecule has 0 spiro atoms. The van der Waals surface area contributed by atoms with E-state index in [1.165, 1.54) is 97.9 Å². The van der Waals surface area contributed by atoms with E-state index in [2.05, 4.69) is 178 Å². The largest absolute Gasteiger partial charge is 0.441 e. The molecule has 4 heterocycles. The fourth-order valence-corrected chi connectivity index (χ4v) is 13.2. The minimum absolute atomic E-state index is 0.00391. The predicted octanol–water partition coefficient (Wildman–Crippen LogP) is 13.5. The Bertz CT molecular complexity index is 2760. The topological polar surface area (TPSA) is 19.6 Å². The lowest BCUT2D eigenvalue weighted by Crippen LogP contribution is -2.65. The molecule has 1 aromatic heterocycles. The van der Waals surface area contributed by atoms with Crippen molar-refractivity contribution >= 4 is 68.6 Å². The first-order chi connectivity index (χ1) is 28.6. The molecule has 3 aliphatic carbocycles. The smallest absolute Gasteiger partial charge is 0.257 e. The van der Waals surface area contributed by atoms with E-state index in [0.717, 1.165) is 29.3 Å². The Balaban J connectivity index is 1.28. The molecule has 3 aliphatic heterocycles. The summed E-state index contributed by atoms with van der Waals surface area (Å²) in [5.74, 6) is 1.05. The molecular formula is C56H64BClN2O. The highest BCUT2D eigenvalue weighted by molar-refractivity contribution is 7.01. The molecule has 6 aliphatic rings. The molecule has 0 amide bonds. The van der Waals surface area contributed by atoms with E-state index in [9.17, 15) is 0 Å². The van der Waals surface area contributed by atoms with E-state index in [1.807, 2.05) is 0 Å². The molecule has 61 heavy (non-hydrogen) atoms. The van der Waals surface area contributed by atoms with Crippen molar-refractivity contribution in [1.29, 1.82) is 0 Å². The van der Waals surface area contributed by atoms with Crippen LogP contribution in [0.1, 0.15) is 155 Å². The van der Waals surface area contributed by atoms with Crippen LogP contribution in [0.25, 0.3) is 11.0 Å². The van der Waals surface area contributed by atoms with Crippen LogP contribution in [0.3, 0.4) is 0 Å². The van der Waals surface area contributed by atoms with Gasteiger partial charge in [-0.3, -0.25) is 0 Å². The van der Waals surface area contributed by atoms with Crippen LogP contribution in [0.2, 0.25) is 5.02 Å².